The highest BCUT2D eigenvalue weighted by Gasteiger charge is 2.24. The van der Waals surface area contributed by atoms with Crippen LogP contribution in [0.15, 0.2) is 0 Å². The van der Waals surface area contributed by atoms with Crippen molar-refractivity contribution in [3.8, 4) is 0 Å². The van der Waals surface area contributed by atoms with Gasteiger partial charge < -0.3 is 15.0 Å². The quantitative estimate of drug-likeness (QED) is 0.494. The van der Waals surface area contributed by atoms with Gasteiger partial charge in [0.05, 0.1) is 6.61 Å². The lowest BCUT2D eigenvalue weighted by Gasteiger charge is -2.30. The summed E-state index contributed by atoms with van der Waals surface area (Å²) in [5.41, 5.74) is 0. The van der Waals surface area contributed by atoms with Gasteiger partial charge >= 0.3 is 0 Å². The van der Waals surface area contributed by atoms with Gasteiger partial charge in [0, 0.05) is 25.7 Å². The van der Waals surface area contributed by atoms with Crippen LogP contribution in [-0.2, 0) is 4.74 Å². The average molecular weight is 296 g/mol. The summed E-state index contributed by atoms with van der Waals surface area (Å²) in [6.07, 6.45) is 11.0. The third-order valence-electron chi connectivity index (χ3n) is 5.03. The fraction of sp³-hybridized carbons (Fsp3) is 1.00. The molecule has 0 aromatic heterocycles. The molecule has 0 spiro atoms. The summed E-state index contributed by atoms with van der Waals surface area (Å²) in [4.78, 5) is 2.49. The molecule has 2 aliphatic rings. The number of nitrogens with one attached hydrogen (secondary N) is 1. The fourth-order valence-electron chi connectivity index (χ4n) is 3.45. The Labute approximate surface area is 131 Å². The highest BCUT2D eigenvalue weighted by atomic mass is 16.5. The van der Waals surface area contributed by atoms with Crippen LogP contribution in [0.5, 0.6) is 0 Å². The van der Waals surface area contributed by atoms with E-state index in [9.17, 15) is 0 Å². The molecule has 2 saturated carbocycles. The Morgan fingerprint density at radius 3 is 2.67 bits per heavy atom. The predicted octanol–water partition coefficient (Wildman–Crippen LogP) is 3.29. The molecule has 0 aliphatic heterocycles. The molecule has 2 atom stereocenters. The number of likely N-dealkylation sites (N-methyl/N-ethyl adjacent to an activating group) is 1. The standard InChI is InChI=1S/C18H36N2O/c1-3-11-19-18-8-6-4-5-7-17(18)14-20(2)12-13-21-15-16-9-10-16/h16-19H,3-15H2,1-2H3. The van der Waals surface area contributed by atoms with E-state index in [0.29, 0.717) is 0 Å². The van der Waals surface area contributed by atoms with Crippen LogP contribution in [0.25, 0.3) is 0 Å². The Bertz CT molecular complexity index is 268. The molecule has 3 heteroatoms. The monoisotopic (exact) mass is 296 g/mol. The fourth-order valence-corrected chi connectivity index (χ4v) is 3.45. The van der Waals surface area contributed by atoms with Crippen molar-refractivity contribution in [3.05, 3.63) is 0 Å². The number of rotatable bonds is 10. The Morgan fingerprint density at radius 1 is 1.10 bits per heavy atom. The van der Waals surface area contributed by atoms with E-state index < -0.39 is 0 Å². The van der Waals surface area contributed by atoms with E-state index in [1.165, 1.54) is 64.5 Å². The Hall–Kier alpha value is -0.120. The van der Waals surface area contributed by atoms with Gasteiger partial charge in [-0.1, -0.05) is 26.2 Å². The average Bonchev–Trinajstić information content (AvgIpc) is 3.30. The zero-order valence-electron chi connectivity index (χ0n) is 14.3. The SMILES string of the molecule is CCCNC1CCCCCC1CN(C)CCOCC1CC1. The first-order valence-electron chi connectivity index (χ1n) is 9.29. The van der Waals surface area contributed by atoms with Crippen molar-refractivity contribution >= 4 is 0 Å². The number of ether oxygens (including phenoxy) is 1. The van der Waals surface area contributed by atoms with E-state index in [1.807, 2.05) is 0 Å². The maximum absolute atomic E-state index is 5.78. The van der Waals surface area contributed by atoms with Gasteiger partial charge in [-0.15, -0.1) is 0 Å². The van der Waals surface area contributed by atoms with Crippen LogP contribution >= 0.6 is 0 Å². The summed E-state index contributed by atoms with van der Waals surface area (Å²) in [5, 5.41) is 3.80. The lowest BCUT2D eigenvalue weighted by molar-refractivity contribution is 0.0959. The van der Waals surface area contributed by atoms with Gasteiger partial charge in [0.15, 0.2) is 0 Å². The number of hydrogen-bond acceptors (Lipinski definition) is 3. The molecule has 2 fully saturated rings. The van der Waals surface area contributed by atoms with Gasteiger partial charge in [0.1, 0.15) is 0 Å². The van der Waals surface area contributed by atoms with Gasteiger partial charge in [-0.05, 0) is 57.5 Å². The van der Waals surface area contributed by atoms with Gasteiger partial charge in [0.25, 0.3) is 0 Å². The third-order valence-corrected chi connectivity index (χ3v) is 5.03. The van der Waals surface area contributed by atoms with E-state index >= 15 is 0 Å². The molecule has 21 heavy (non-hydrogen) atoms. The maximum Gasteiger partial charge on any atom is 0.0593 e. The van der Waals surface area contributed by atoms with E-state index in [2.05, 4.69) is 24.2 Å². The summed E-state index contributed by atoms with van der Waals surface area (Å²) < 4.78 is 5.78. The predicted molar refractivity (Wildman–Crippen MR) is 89.7 cm³/mol. The molecule has 0 aromatic carbocycles. The zero-order chi connectivity index (χ0) is 14.9. The Kier molecular flexibility index (Phi) is 8.05. The van der Waals surface area contributed by atoms with Crippen molar-refractivity contribution in [2.45, 2.75) is 64.3 Å². The van der Waals surface area contributed by atoms with Gasteiger partial charge in [-0.2, -0.15) is 0 Å². The second-order valence-corrected chi connectivity index (χ2v) is 7.24. The third kappa shape index (κ3) is 7.12. The molecule has 1 N–H and O–H groups in total. The highest BCUT2D eigenvalue weighted by molar-refractivity contribution is 4.81. The minimum absolute atomic E-state index is 0.738. The van der Waals surface area contributed by atoms with Crippen molar-refractivity contribution in [3.63, 3.8) is 0 Å². The normalized spacial score (nSPS) is 27.0. The summed E-state index contributed by atoms with van der Waals surface area (Å²) in [5.74, 6) is 1.72. The van der Waals surface area contributed by atoms with Gasteiger partial charge in [0.2, 0.25) is 0 Å². The minimum Gasteiger partial charge on any atom is -0.380 e. The largest absolute Gasteiger partial charge is 0.380 e. The van der Waals surface area contributed by atoms with Gasteiger partial charge in [-0.25, -0.2) is 0 Å². The number of nitrogens with zero attached hydrogens (tertiary/aromatic N) is 1. The molecule has 2 rings (SSSR count). The molecule has 2 unspecified atom stereocenters. The van der Waals surface area contributed by atoms with Crippen LogP contribution in [0.4, 0.5) is 0 Å². The molecule has 0 amide bonds. The maximum atomic E-state index is 5.78. The first-order valence-corrected chi connectivity index (χ1v) is 9.29. The molecule has 0 aromatic rings. The molecule has 3 nitrogen and oxygen atoms in total. The Morgan fingerprint density at radius 2 is 1.90 bits per heavy atom. The topological polar surface area (TPSA) is 24.5 Å². The molecular formula is C18H36N2O. The molecule has 0 bridgehead atoms. The van der Waals surface area contributed by atoms with Crippen molar-refractivity contribution in [2.24, 2.45) is 11.8 Å². The lowest BCUT2D eigenvalue weighted by atomic mass is 9.94. The lowest BCUT2D eigenvalue weighted by Crippen LogP contribution is -2.42. The Balaban J connectivity index is 1.65. The van der Waals surface area contributed by atoms with E-state index in [0.717, 1.165) is 37.6 Å². The summed E-state index contributed by atoms with van der Waals surface area (Å²) in [7, 11) is 2.27. The zero-order valence-corrected chi connectivity index (χ0v) is 14.3. The summed E-state index contributed by atoms with van der Waals surface area (Å²) in [6.45, 7) is 7.67. The van der Waals surface area contributed by atoms with Crippen LogP contribution in [-0.4, -0.2) is 50.8 Å². The molecule has 2 aliphatic carbocycles. The molecular weight excluding hydrogens is 260 g/mol. The van der Waals surface area contributed by atoms with Crippen molar-refractivity contribution < 1.29 is 4.74 Å². The van der Waals surface area contributed by atoms with Crippen molar-refractivity contribution in [1.29, 1.82) is 0 Å². The molecule has 124 valence electrons. The van der Waals surface area contributed by atoms with Gasteiger partial charge in [-0.3, -0.25) is 0 Å². The molecule has 0 saturated heterocycles. The first kappa shape index (κ1) is 17.2. The highest BCUT2D eigenvalue weighted by Crippen LogP contribution is 2.28. The van der Waals surface area contributed by atoms with E-state index in [-0.39, 0.29) is 0 Å². The van der Waals surface area contributed by atoms with E-state index in [4.69, 9.17) is 4.74 Å². The van der Waals surface area contributed by atoms with Crippen LogP contribution in [0.3, 0.4) is 0 Å². The molecule has 0 heterocycles. The summed E-state index contributed by atoms with van der Waals surface area (Å²) in [6, 6.07) is 0.738. The summed E-state index contributed by atoms with van der Waals surface area (Å²) >= 11 is 0. The molecule has 0 radical (unpaired) electrons. The van der Waals surface area contributed by atoms with Crippen molar-refractivity contribution in [2.75, 3.05) is 39.9 Å². The second kappa shape index (κ2) is 9.81. The first-order chi connectivity index (χ1) is 10.3. The van der Waals surface area contributed by atoms with Crippen LogP contribution < -0.4 is 5.32 Å². The van der Waals surface area contributed by atoms with Crippen LogP contribution in [0.2, 0.25) is 0 Å². The number of hydrogen-bond donors (Lipinski definition) is 1. The smallest absolute Gasteiger partial charge is 0.0593 e. The van der Waals surface area contributed by atoms with E-state index in [1.54, 1.807) is 0 Å². The van der Waals surface area contributed by atoms with Crippen molar-refractivity contribution in [1.82, 2.24) is 10.2 Å². The minimum atomic E-state index is 0.738. The van der Waals surface area contributed by atoms with Crippen LogP contribution in [0.1, 0.15) is 58.3 Å². The van der Waals surface area contributed by atoms with Crippen LogP contribution in [0, 0.1) is 11.8 Å². The second-order valence-electron chi connectivity index (χ2n) is 7.24.